The Bertz CT molecular complexity index is 587. The summed E-state index contributed by atoms with van der Waals surface area (Å²) in [6.45, 7) is 0. The molecule has 0 aliphatic carbocycles. The lowest BCUT2D eigenvalue weighted by Crippen LogP contribution is -2.32. The summed E-state index contributed by atoms with van der Waals surface area (Å²) >= 11 is 5.92. The van der Waals surface area contributed by atoms with Crippen molar-refractivity contribution < 1.29 is 4.79 Å². The second kappa shape index (κ2) is 6.50. The average molecular weight is 290 g/mol. The smallest absolute Gasteiger partial charge is 0.246 e. The lowest BCUT2D eigenvalue weighted by Gasteiger charge is -2.23. The summed E-state index contributed by atoms with van der Waals surface area (Å²) < 4.78 is 0. The number of amides is 1. The van der Waals surface area contributed by atoms with Gasteiger partial charge in [0.05, 0.1) is 0 Å². The van der Waals surface area contributed by atoms with Crippen LogP contribution in [0.25, 0.3) is 0 Å². The van der Waals surface area contributed by atoms with Gasteiger partial charge in [0.1, 0.15) is 6.04 Å². The molecule has 2 rings (SSSR count). The summed E-state index contributed by atoms with van der Waals surface area (Å²) in [4.78, 5) is 18.4. The standard InChI is InChI=1S/C15H16ClN3O/c1-19(2)14(11-5-4-8-17-10-11)15(20)18-13-7-3-6-12(16)9-13/h3-10,14H,1-2H3,(H,18,20). The molecule has 1 amide bonds. The van der Waals surface area contributed by atoms with Gasteiger partial charge in [-0.2, -0.15) is 0 Å². The van der Waals surface area contributed by atoms with Crippen LogP contribution in [0.4, 0.5) is 5.69 Å². The number of nitrogens with zero attached hydrogens (tertiary/aromatic N) is 2. The molecule has 0 saturated heterocycles. The average Bonchev–Trinajstić information content (AvgIpc) is 2.39. The zero-order valence-corrected chi connectivity index (χ0v) is 12.1. The van der Waals surface area contributed by atoms with Crippen molar-refractivity contribution >= 4 is 23.2 Å². The molecule has 0 fully saturated rings. The van der Waals surface area contributed by atoms with Gasteiger partial charge in [0.25, 0.3) is 0 Å². The molecule has 0 aliphatic heterocycles. The highest BCUT2D eigenvalue weighted by Gasteiger charge is 2.23. The van der Waals surface area contributed by atoms with Crippen molar-refractivity contribution in [2.24, 2.45) is 0 Å². The van der Waals surface area contributed by atoms with Gasteiger partial charge >= 0.3 is 0 Å². The van der Waals surface area contributed by atoms with E-state index in [1.54, 1.807) is 36.7 Å². The quantitative estimate of drug-likeness (QED) is 0.941. The molecule has 5 heteroatoms. The van der Waals surface area contributed by atoms with Crippen molar-refractivity contribution in [2.75, 3.05) is 19.4 Å². The Kier molecular flexibility index (Phi) is 4.71. The van der Waals surface area contributed by atoms with Gasteiger partial charge in [-0.15, -0.1) is 0 Å². The van der Waals surface area contributed by atoms with E-state index in [1.165, 1.54) is 0 Å². The molecule has 1 N–H and O–H groups in total. The summed E-state index contributed by atoms with van der Waals surface area (Å²) in [6, 6.07) is 10.4. The Morgan fingerprint density at radius 1 is 1.30 bits per heavy atom. The number of halogens is 1. The van der Waals surface area contributed by atoms with Gasteiger partial charge in [-0.25, -0.2) is 0 Å². The van der Waals surface area contributed by atoms with E-state index in [1.807, 2.05) is 31.1 Å². The van der Waals surface area contributed by atoms with Crippen molar-refractivity contribution in [1.82, 2.24) is 9.88 Å². The number of pyridine rings is 1. The molecular weight excluding hydrogens is 274 g/mol. The molecule has 104 valence electrons. The van der Waals surface area contributed by atoms with Crippen LogP contribution < -0.4 is 5.32 Å². The third-order valence-corrected chi connectivity index (χ3v) is 3.09. The van der Waals surface area contributed by atoms with Crippen molar-refractivity contribution in [1.29, 1.82) is 0 Å². The molecule has 1 atom stereocenters. The predicted molar refractivity (Wildman–Crippen MR) is 80.7 cm³/mol. The zero-order valence-electron chi connectivity index (χ0n) is 11.4. The Hall–Kier alpha value is -1.91. The summed E-state index contributed by atoms with van der Waals surface area (Å²) in [5, 5.41) is 3.46. The second-order valence-electron chi connectivity index (χ2n) is 4.65. The Labute approximate surface area is 123 Å². The fraction of sp³-hybridized carbons (Fsp3) is 0.200. The number of anilines is 1. The van der Waals surface area contributed by atoms with E-state index in [0.29, 0.717) is 10.7 Å². The number of rotatable bonds is 4. The number of nitrogens with one attached hydrogen (secondary N) is 1. The largest absolute Gasteiger partial charge is 0.324 e. The third kappa shape index (κ3) is 3.56. The first-order valence-electron chi connectivity index (χ1n) is 6.20. The molecule has 4 nitrogen and oxygen atoms in total. The van der Waals surface area contributed by atoms with E-state index >= 15 is 0 Å². The van der Waals surface area contributed by atoms with Crippen LogP contribution in [0.5, 0.6) is 0 Å². The van der Waals surface area contributed by atoms with Crippen LogP contribution in [0.2, 0.25) is 5.02 Å². The lowest BCUT2D eigenvalue weighted by molar-refractivity contribution is -0.120. The fourth-order valence-corrected chi connectivity index (χ4v) is 2.19. The van der Waals surface area contributed by atoms with Crippen molar-refractivity contribution in [2.45, 2.75) is 6.04 Å². The lowest BCUT2D eigenvalue weighted by atomic mass is 10.1. The number of hydrogen-bond acceptors (Lipinski definition) is 3. The summed E-state index contributed by atoms with van der Waals surface area (Å²) in [5.74, 6) is -0.120. The summed E-state index contributed by atoms with van der Waals surface area (Å²) in [7, 11) is 3.71. The molecule has 1 aromatic carbocycles. The van der Waals surface area contributed by atoms with Crippen LogP contribution in [-0.4, -0.2) is 29.9 Å². The first kappa shape index (κ1) is 14.5. The van der Waals surface area contributed by atoms with Crippen LogP contribution in [-0.2, 0) is 4.79 Å². The third-order valence-electron chi connectivity index (χ3n) is 2.86. The normalized spacial score (nSPS) is 12.2. The monoisotopic (exact) mass is 289 g/mol. The fourth-order valence-electron chi connectivity index (χ4n) is 2.00. The van der Waals surface area contributed by atoms with Crippen LogP contribution in [0.3, 0.4) is 0 Å². The Morgan fingerprint density at radius 2 is 2.10 bits per heavy atom. The van der Waals surface area contributed by atoms with E-state index < -0.39 is 6.04 Å². The minimum Gasteiger partial charge on any atom is -0.324 e. The topological polar surface area (TPSA) is 45.2 Å². The maximum absolute atomic E-state index is 12.4. The predicted octanol–water partition coefficient (Wildman–Crippen LogP) is 2.98. The van der Waals surface area contributed by atoms with Crippen molar-refractivity contribution in [3.05, 3.63) is 59.4 Å². The minimum atomic E-state index is -0.400. The number of likely N-dealkylation sites (N-methyl/N-ethyl adjacent to an activating group) is 1. The molecule has 0 aliphatic rings. The molecule has 2 aromatic rings. The molecule has 0 radical (unpaired) electrons. The first-order chi connectivity index (χ1) is 9.58. The first-order valence-corrected chi connectivity index (χ1v) is 6.58. The molecule has 1 aromatic heterocycles. The summed E-state index contributed by atoms with van der Waals surface area (Å²) in [5.41, 5.74) is 1.52. The van der Waals surface area contributed by atoms with Gasteiger partial charge in [0.15, 0.2) is 0 Å². The molecule has 1 heterocycles. The van der Waals surface area contributed by atoms with E-state index in [4.69, 9.17) is 11.6 Å². The number of hydrogen-bond donors (Lipinski definition) is 1. The van der Waals surface area contributed by atoms with Crippen LogP contribution in [0.1, 0.15) is 11.6 Å². The van der Waals surface area contributed by atoms with Crippen LogP contribution >= 0.6 is 11.6 Å². The van der Waals surface area contributed by atoms with Crippen molar-refractivity contribution in [3.63, 3.8) is 0 Å². The molecule has 1 unspecified atom stereocenters. The molecule has 0 spiro atoms. The Morgan fingerprint density at radius 3 is 2.70 bits per heavy atom. The van der Waals surface area contributed by atoms with Gasteiger partial charge in [-0.3, -0.25) is 14.7 Å². The van der Waals surface area contributed by atoms with Crippen molar-refractivity contribution in [3.8, 4) is 0 Å². The number of carbonyl (C=O) groups is 1. The van der Waals surface area contributed by atoms with Gasteiger partial charge < -0.3 is 5.32 Å². The molecule has 20 heavy (non-hydrogen) atoms. The summed E-state index contributed by atoms with van der Waals surface area (Å²) in [6.07, 6.45) is 3.38. The zero-order chi connectivity index (χ0) is 14.5. The minimum absolute atomic E-state index is 0.120. The van der Waals surface area contributed by atoms with E-state index in [0.717, 1.165) is 5.56 Å². The second-order valence-corrected chi connectivity index (χ2v) is 5.09. The SMILES string of the molecule is CN(C)C(C(=O)Nc1cccc(Cl)c1)c1cccnc1. The van der Waals surface area contributed by atoms with Gasteiger partial charge in [-0.1, -0.05) is 23.7 Å². The van der Waals surface area contributed by atoms with E-state index in [2.05, 4.69) is 10.3 Å². The Balaban J connectivity index is 2.20. The highest BCUT2D eigenvalue weighted by atomic mass is 35.5. The highest BCUT2D eigenvalue weighted by Crippen LogP contribution is 2.21. The van der Waals surface area contributed by atoms with E-state index in [9.17, 15) is 4.79 Å². The number of aromatic nitrogens is 1. The maximum Gasteiger partial charge on any atom is 0.246 e. The van der Waals surface area contributed by atoms with Crippen LogP contribution in [0.15, 0.2) is 48.8 Å². The number of benzene rings is 1. The molecule has 0 saturated carbocycles. The van der Waals surface area contributed by atoms with Gasteiger partial charge in [0, 0.05) is 23.1 Å². The number of carbonyl (C=O) groups excluding carboxylic acids is 1. The molecule has 0 bridgehead atoms. The van der Waals surface area contributed by atoms with Gasteiger partial charge in [0.2, 0.25) is 5.91 Å². The maximum atomic E-state index is 12.4. The van der Waals surface area contributed by atoms with Crippen LogP contribution in [0, 0.1) is 0 Å². The molecular formula is C15H16ClN3O. The van der Waals surface area contributed by atoms with Gasteiger partial charge in [-0.05, 0) is 43.9 Å². The van der Waals surface area contributed by atoms with E-state index in [-0.39, 0.29) is 5.91 Å². The highest BCUT2D eigenvalue weighted by molar-refractivity contribution is 6.30.